The van der Waals surface area contributed by atoms with E-state index in [9.17, 15) is 0 Å². The minimum atomic E-state index is -0.280. The van der Waals surface area contributed by atoms with Gasteiger partial charge in [0.2, 0.25) is 0 Å². The van der Waals surface area contributed by atoms with Crippen molar-refractivity contribution in [2.75, 3.05) is 6.61 Å². The van der Waals surface area contributed by atoms with Crippen molar-refractivity contribution < 1.29 is 10.2 Å². The Hall–Kier alpha value is -0.480. The number of halogens is 2. The SMILES string of the molecule is Cl.NC(CCO)c1ccc(O)cc1Cl. The van der Waals surface area contributed by atoms with Gasteiger partial charge in [0, 0.05) is 17.7 Å². The van der Waals surface area contributed by atoms with Crippen LogP contribution in [0.5, 0.6) is 5.75 Å². The minimum Gasteiger partial charge on any atom is -0.508 e. The molecule has 0 saturated heterocycles. The third-order valence-electron chi connectivity index (χ3n) is 1.82. The van der Waals surface area contributed by atoms with Gasteiger partial charge in [0.05, 0.1) is 0 Å². The first-order chi connectivity index (χ1) is 6.15. The van der Waals surface area contributed by atoms with Gasteiger partial charge in [-0.15, -0.1) is 12.4 Å². The Kier molecular flexibility index (Phi) is 5.88. The fourth-order valence-corrected chi connectivity index (χ4v) is 1.43. The van der Waals surface area contributed by atoms with E-state index in [0.29, 0.717) is 11.4 Å². The maximum absolute atomic E-state index is 9.07. The van der Waals surface area contributed by atoms with E-state index in [-0.39, 0.29) is 30.8 Å². The van der Waals surface area contributed by atoms with Crippen molar-refractivity contribution in [1.29, 1.82) is 0 Å². The van der Waals surface area contributed by atoms with Crippen molar-refractivity contribution in [3.8, 4) is 5.75 Å². The van der Waals surface area contributed by atoms with Crippen molar-refractivity contribution >= 4 is 24.0 Å². The van der Waals surface area contributed by atoms with Crippen molar-refractivity contribution in [1.82, 2.24) is 0 Å². The molecule has 1 aromatic carbocycles. The molecule has 80 valence electrons. The zero-order chi connectivity index (χ0) is 9.84. The van der Waals surface area contributed by atoms with Crippen LogP contribution in [0.15, 0.2) is 18.2 Å². The van der Waals surface area contributed by atoms with Crippen molar-refractivity contribution in [2.24, 2.45) is 5.73 Å². The standard InChI is InChI=1S/C9H12ClNO2.ClH/c10-8-5-6(13)1-2-7(8)9(11)3-4-12;/h1-2,5,9,12-13H,3-4,11H2;1H. The molecule has 0 aliphatic heterocycles. The Morgan fingerprint density at radius 2 is 2.07 bits per heavy atom. The van der Waals surface area contributed by atoms with E-state index in [0.717, 1.165) is 5.56 Å². The van der Waals surface area contributed by atoms with E-state index in [1.807, 2.05) is 0 Å². The van der Waals surface area contributed by atoms with Gasteiger partial charge in [-0.25, -0.2) is 0 Å². The topological polar surface area (TPSA) is 66.5 Å². The highest BCUT2D eigenvalue weighted by Gasteiger charge is 2.09. The van der Waals surface area contributed by atoms with Crippen LogP contribution in [0.4, 0.5) is 0 Å². The molecule has 0 aliphatic carbocycles. The van der Waals surface area contributed by atoms with E-state index in [1.165, 1.54) is 12.1 Å². The molecule has 0 radical (unpaired) electrons. The van der Waals surface area contributed by atoms with E-state index < -0.39 is 0 Å². The molecular weight excluding hydrogens is 225 g/mol. The highest BCUT2D eigenvalue weighted by molar-refractivity contribution is 6.31. The van der Waals surface area contributed by atoms with Crippen LogP contribution in [0.25, 0.3) is 0 Å². The fourth-order valence-electron chi connectivity index (χ4n) is 1.11. The van der Waals surface area contributed by atoms with E-state index in [4.69, 9.17) is 27.5 Å². The number of phenolic OH excluding ortho intramolecular Hbond substituents is 1. The summed E-state index contributed by atoms with van der Waals surface area (Å²) in [6, 6.07) is 4.35. The van der Waals surface area contributed by atoms with Crippen LogP contribution in [0.1, 0.15) is 18.0 Å². The lowest BCUT2D eigenvalue weighted by Gasteiger charge is -2.11. The van der Waals surface area contributed by atoms with E-state index in [2.05, 4.69) is 0 Å². The van der Waals surface area contributed by atoms with Crippen LogP contribution >= 0.6 is 24.0 Å². The molecule has 1 unspecified atom stereocenters. The molecule has 14 heavy (non-hydrogen) atoms. The predicted octanol–water partition coefficient (Wildman–Crippen LogP) is 1.85. The molecule has 1 rings (SSSR count). The number of phenols is 1. The second kappa shape index (κ2) is 6.09. The highest BCUT2D eigenvalue weighted by atomic mass is 35.5. The summed E-state index contributed by atoms with van der Waals surface area (Å²) < 4.78 is 0. The van der Waals surface area contributed by atoms with Crippen LogP contribution in [0, 0.1) is 0 Å². The molecule has 0 aromatic heterocycles. The molecule has 3 nitrogen and oxygen atoms in total. The zero-order valence-electron chi connectivity index (χ0n) is 7.48. The van der Waals surface area contributed by atoms with Crippen LogP contribution in [-0.4, -0.2) is 16.8 Å². The van der Waals surface area contributed by atoms with Gasteiger partial charge in [-0.3, -0.25) is 0 Å². The molecule has 1 atom stereocenters. The van der Waals surface area contributed by atoms with E-state index in [1.54, 1.807) is 6.07 Å². The molecule has 1 aromatic rings. The van der Waals surface area contributed by atoms with Gasteiger partial charge >= 0.3 is 0 Å². The molecule has 5 heteroatoms. The van der Waals surface area contributed by atoms with Gasteiger partial charge in [0.15, 0.2) is 0 Å². The summed E-state index contributed by atoms with van der Waals surface area (Å²) in [5, 5.41) is 18.2. The van der Waals surface area contributed by atoms with Gasteiger partial charge in [0.25, 0.3) is 0 Å². The molecule has 0 fully saturated rings. The van der Waals surface area contributed by atoms with Crippen molar-refractivity contribution in [3.05, 3.63) is 28.8 Å². The van der Waals surface area contributed by atoms with Gasteiger partial charge in [-0.1, -0.05) is 17.7 Å². The largest absolute Gasteiger partial charge is 0.508 e. The summed E-state index contributed by atoms with van der Waals surface area (Å²) in [5.74, 6) is 0.116. The number of hydrogen-bond acceptors (Lipinski definition) is 3. The molecule has 0 spiro atoms. The second-order valence-electron chi connectivity index (χ2n) is 2.82. The van der Waals surface area contributed by atoms with Gasteiger partial charge in [-0.2, -0.15) is 0 Å². The summed E-state index contributed by atoms with van der Waals surface area (Å²) in [5.41, 5.74) is 6.47. The van der Waals surface area contributed by atoms with Crippen LogP contribution in [-0.2, 0) is 0 Å². The zero-order valence-corrected chi connectivity index (χ0v) is 9.05. The van der Waals surface area contributed by atoms with Crippen molar-refractivity contribution in [3.63, 3.8) is 0 Å². The first-order valence-electron chi connectivity index (χ1n) is 4.00. The highest BCUT2D eigenvalue weighted by Crippen LogP contribution is 2.26. The summed E-state index contributed by atoms with van der Waals surface area (Å²) in [6.07, 6.45) is 0.463. The molecule has 4 N–H and O–H groups in total. The Bertz CT molecular complexity index is 294. The van der Waals surface area contributed by atoms with Crippen molar-refractivity contribution in [2.45, 2.75) is 12.5 Å². The number of nitrogens with two attached hydrogens (primary N) is 1. The van der Waals surface area contributed by atoms with Crippen LogP contribution < -0.4 is 5.73 Å². The number of benzene rings is 1. The van der Waals surface area contributed by atoms with Crippen LogP contribution in [0.2, 0.25) is 5.02 Å². The predicted molar refractivity (Wildman–Crippen MR) is 59.0 cm³/mol. The fraction of sp³-hybridized carbons (Fsp3) is 0.333. The smallest absolute Gasteiger partial charge is 0.117 e. The summed E-state index contributed by atoms with van der Waals surface area (Å²) in [6.45, 7) is 0.0262. The summed E-state index contributed by atoms with van der Waals surface area (Å²) >= 11 is 5.84. The molecule has 0 aliphatic rings. The molecule has 0 heterocycles. The van der Waals surface area contributed by atoms with Gasteiger partial charge in [-0.05, 0) is 24.1 Å². The Morgan fingerprint density at radius 1 is 1.43 bits per heavy atom. The first kappa shape index (κ1) is 13.5. The molecular formula is C9H13Cl2NO2. The molecule has 0 saturated carbocycles. The third-order valence-corrected chi connectivity index (χ3v) is 2.15. The minimum absolute atomic E-state index is 0. The molecule has 0 bridgehead atoms. The maximum Gasteiger partial charge on any atom is 0.117 e. The maximum atomic E-state index is 9.07. The van der Waals surface area contributed by atoms with Gasteiger partial charge in [0.1, 0.15) is 5.75 Å². The van der Waals surface area contributed by atoms with Gasteiger partial charge < -0.3 is 15.9 Å². The normalized spacial score (nSPS) is 11.9. The second-order valence-corrected chi connectivity index (χ2v) is 3.23. The lowest BCUT2D eigenvalue weighted by Crippen LogP contribution is -2.12. The lowest BCUT2D eigenvalue weighted by molar-refractivity contribution is 0.276. The van der Waals surface area contributed by atoms with Crippen LogP contribution in [0.3, 0.4) is 0 Å². The average Bonchev–Trinajstić information content (AvgIpc) is 2.04. The quantitative estimate of drug-likeness (QED) is 0.752. The first-order valence-corrected chi connectivity index (χ1v) is 4.38. The monoisotopic (exact) mass is 237 g/mol. The molecule has 0 amide bonds. The number of rotatable bonds is 3. The Balaban J connectivity index is 0.00000169. The summed E-state index contributed by atoms with van der Waals surface area (Å²) in [4.78, 5) is 0. The Morgan fingerprint density at radius 3 is 2.57 bits per heavy atom. The van der Waals surface area contributed by atoms with E-state index >= 15 is 0 Å². The number of hydrogen-bond donors (Lipinski definition) is 3. The third kappa shape index (κ3) is 3.35. The number of aliphatic hydroxyl groups excluding tert-OH is 1. The average molecular weight is 238 g/mol. The number of aliphatic hydroxyl groups is 1. The Labute approximate surface area is 93.9 Å². The number of aromatic hydroxyl groups is 1. The summed E-state index contributed by atoms with van der Waals surface area (Å²) in [7, 11) is 0. The lowest BCUT2D eigenvalue weighted by atomic mass is 10.1.